The van der Waals surface area contributed by atoms with Crippen molar-refractivity contribution in [2.75, 3.05) is 7.05 Å². The number of hydrogen-bond acceptors (Lipinski definition) is 5. The van der Waals surface area contributed by atoms with E-state index in [0.29, 0.717) is 16.1 Å². The number of hydrogen-bond donors (Lipinski definition) is 0. The number of sulfonamides is 1. The fourth-order valence-corrected chi connectivity index (χ4v) is 5.53. The highest BCUT2D eigenvalue weighted by molar-refractivity contribution is 7.89. The average Bonchev–Trinajstić information content (AvgIpc) is 3.41. The number of rotatable bonds is 6. The number of aryl methyl sites for hydroxylation is 2. The van der Waals surface area contributed by atoms with Gasteiger partial charge in [-0.25, -0.2) is 8.42 Å². The van der Waals surface area contributed by atoms with Crippen molar-refractivity contribution in [1.82, 2.24) is 8.87 Å². The highest BCUT2D eigenvalue weighted by atomic mass is 32.2. The van der Waals surface area contributed by atoms with E-state index in [4.69, 9.17) is 4.42 Å². The molecule has 0 bridgehead atoms. The van der Waals surface area contributed by atoms with Crippen molar-refractivity contribution in [1.29, 1.82) is 0 Å². The Hall–Kier alpha value is -3.01. The standard InChI is InChI=1S/C23H23N3O4S2/c1-4-16-7-12-20-21(14-16)31-23(26(20)3)24-22(27)17-8-10-19(11-9-17)32(28,29)25(2)15-18-6-5-13-30-18/h5-14H,4,15H2,1-3H3. The summed E-state index contributed by atoms with van der Waals surface area (Å²) in [5.74, 6) is 0.125. The SMILES string of the molecule is CCc1ccc2c(c1)sc(=NC(=O)c1ccc(S(=O)(=O)N(C)Cc3ccco3)cc1)n2C. The van der Waals surface area contributed by atoms with Crippen LogP contribution in [0.1, 0.15) is 28.6 Å². The molecule has 0 atom stereocenters. The van der Waals surface area contributed by atoms with Gasteiger partial charge in [0.2, 0.25) is 10.0 Å². The second-order valence-corrected chi connectivity index (χ2v) is 10.4. The molecular formula is C23H23N3O4S2. The third kappa shape index (κ3) is 4.32. The largest absolute Gasteiger partial charge is 0.468 e. The number of amides is 1. The quantitative estimate of drug-likeness (QED) is 0.428. The van der Waals surface area contributed by atoms with E-state index in [9.17, 15) is 13.2 Å². The Morgan fingerprint density at radius 3 is 2.56 bits per heavy atom. The molecule has 32 heavy (non-hydrogen) atoms. The monoisotopic (exact) mass is 469 g/mol. The number of carbonyl (C=O) groups excluding carboxylic acids is 1. The molecular weight excluding hydrogens is 446 g/mol. The van der Waals surface area contributed by atoms with Crippen LogP contribution in [0.4, 0.5) is 0 Å². The number of aromatic nitrogens is 1. The van der Waals surface area contributed by atoms with E-state index in [1.807, 2.05) is 17.7 Å². The van der Waals surface area contributed by atoms with Crippen LogP contribution in [0.3, 0.4) is 0 Å². The Labute approximate surface area is 190 Å². The van der Waals surface area contributed by atoms with Gasteiger partial charge in [0.1, 0.15) is 5.76 Å². The van der Waals surface area contributed by atoms with E-state index in [0.717, 1.165) is 16.6 Å². The molecule has 0 aliphatic heterocycles. The highest BCUT2D eigenvalue weighted by Crippen LogP contribution is 2.20. The van der Waals surface area contributed by atoms with E-state index in [1.165, 1.54) is 58.8 Å². The van der Waals surface area contributed by atoms with Crippen LogP contribution in [0.5, 0.6) is 0 Å². The first-order valence-electron chi connectivity index (χ1n) is 10.1. The first kappa shape index (κ1) is 22.2. The van der Waals surface area contributed by atoms with Gasteiger partial charge in [-0.1, -0.05) is 24.3 Å². The van der Waals surface area contributed by atoms with Gasteiger partial charge in [0.25, 0.3) is 5.91 Å². The molecule has 0 fully saturated rings. The van der Waals surface area contributed by atoms with Crippen molar-refractivity contribution in [3.05, 3.63) is 82.5 Å². The number of benzene rings is 2. The smallest absolute Gasteiger partial charge is 0.279 e. The minimum Gasteiger partial charge on any atom is -0.468 e. The van der Waals surface area contributed by atoms with E-state index < -0.39 is 15.9 Å². The van der Waals surface area contributed by atoms with Gasteiger partial charge in [0.05, 0.1) is 27.9 Å². The van der Waals surface area contributed by atoms with Gasteiger partial charge in [-0.15, -0.1) is 0 Å². The zero-order valence-electron chi connectivity index (χ0n) is 18.0. The predicted octanol–water partition coefficient (Wildman–Crippen LogP) is 3.96. The normalized spacial score (nSPS) is 12.7. The Balaban J connectivity index is 1.58. The lowest BCUT2D eigenvalue weighted by atomic mass is 10.2. The Morgan fingerprint density at radius 1 is 1.16 bits per heavy atom. The summed E-state index contributed by atoms with van der Waals surface area (Å²) in [6.45, 7) is 2.22. The number of carbonyl (C=O) groups is 1. The van der Waals surface area contributed by atoms with Crippen LogP contribution in [0.15, 0.2) is 75.2 Å². The van der Waals surface area contributed by atoms with Gasteiger partial charge in [-0.05, 0) is 60.5 Å². The third-order valence-corrected chi connectivity index (χ3v) is 8.16. The van der Waals surface area contributed by atoms with Crippen molar-refractivity contribution in [2.45, 2.75) is 24.8 Å². The maximum Gasteiger partial charge on any atom is 0.279 e. The van der Waals surface area contributed by atoms with Crippen molar-refractivity contribution in [3.63, 3.8) is 0 Å². The minimum atomic E-state index is -3.72. The third-order valence-electron chi connectivity index (χ3n) is 5.25. The molecule has 4 aromatic rings. The topological polar surface area (TPSA) is 84.9 Å². The molecule has 7 nitrogen and oxygen atoms in total. The van der Waals surface area contributed by atoms with Crippen LogP contribution in [0, 0.1) is 0 Å². The predicted molar refractivity (Wildman–Crippen MR) is 124 cm³/mol. The number of fused-ring (bicyclic) bond motifs is 1. The lowest BCUT2D eigenvalue weighted by molar-refractivity contribution is 0.0998. The molecule has 0 saturated heterocycles. The Morgan fingerprint density at radius 2 is 1.91 bits per heavy atom. The summed E-state index contributed by atoms with van der Waals surface area (Å²) in [4.78, 5) is 17.7. The Kier molecular flexibility index (Phi) is 6.14. The lowest BCUT2D eigenvalue weighted by Gasteiger charge is -2.16. The summed E-state index contributed by atoms with van der Waals surface area (Å²) in [6, 6.07) is 15.5. The average molecular weight is 470 g/mol. The second kappa shape index (κ2) is 8.85. The van der Waals surface area contributed by atoms with Crippen molar-refractivity contribution >= 4 is 37.5 Å². The summed E-state index contributed by atoms with van der Waals surface area (Å²) in [7, 11) is -0.358. The fraction of sp³-hybridized carbons (Fsp3) is 0.217. The number of furan rings is 1. The molecule has 0 saturated carbocycles. The van der Waals surface area contributed by atoms with Gasteiger partial charge >= 0.3 is 0 Å². The molecule has 2 aromatic carbocycles. The number of nitrogens with zero attached hydrogens (tertiary/aromatic N) is 3. The van der Waals surface area contributed by atoms with Crippen molar-refractivity contribution < 1.29 is 17.6 Å². The fourth-order valence-electron chi connectivity index (χ4n) is 3.31. The van der Waals surface area contributed by atoms with Crippen LogP contribution in [-0.2, 0) is 30.0 Å². The second-order valence-electron chi connectivity index (χ2n) is 7.38. The van der Waals surface area contributed by atoms with E-state index >= 15 is 0 Å². The molecule has 9 heteroatoms. The van der Waals surface area contributed by atoms with Gasteiger partial charge < -0.3 is 8.98 Å². The minimum absolute atomic E-state index is 0.0996. The molecule has 0 N–H and O–H groups in total. The van der Waals surface area contributed by atoms with Crippen molar-refractivity contribution in [3.8, 4) is 0 Å². The summed E-state index contributed by atoms with van der Waals surface area (Å²) in [6.07, 6.45) is 2.44. The first-order valence-corrected chi connectivity index (χ1v) is 12.3. The molecule has 0 radical (unpaired) electrons. The van der Waals surface area contributed by atoms with Gasteiger partial charge in [-0.2, -0.15) is 9.30 Å². The van der Waals surface area contributed by atoms with Gasteiger partial charge in [0, 0.05) is 19.7 Å². The molecule has 2 heterocycles. The summed E-state index contributed by atoms with van der Waals surface area (Å²) in [5.41, 5.74) is 2.56. The maximum atomic E-state index is 12.8. The molecule has 166 valence electrons. The zero-order valence-corrected chi connectivity index (χ0v) is 19.6. The van der Waals surface area contributed by atoms with Crippen LogP contribution in [0.2, 0.25) is 0 Å². The maximum absolute atomic E-state index is 12.8. The molecule has 0 unspecified atom stereocenters. The van der Waals surface area contributed by atoms with E-state index in [-0.39, 0.29) is 11.4 Å². The van der Waals surface area contributed by atoms with Crippen molar-refractivity contribution in [2.24, 2.45) is 12.0 Å². The van der Waals surface area contributed by atoms with E-state index in [2.05, 4.69) is 24.0 Å². The lowest BCUT2D eigenvalue weighted by Crippen LogP contribution is -2.26. The highest BCUT2D eigenvalue weighted by Gasteiger charge is 2.22. The van der Waals surface area contributed by atoms with Crippen LogP contribution in [0.25, 0.3) is 10.2 Å². The molecule has 0 spiro atoms. The zero-order chi connectivity index (χ0) is 22.9. The summed E-state index contributed by atoms with van der Waals surface area (Å²) < 4.78 is 35.0. The Bertz CT molecular complexity index is 1430. The molecule has 4 rings (SSSR count). The van der Waals surface area contributed by atoms with E-state index in [1.54, 1.807) is 12.1 Å². The first-order chi connectivity index (χ1) is 15.3. The van der Waals surface area contributed by atoms with Gasteiger partial charge in [-0.3, -0.25) is 4.79 Å². The summed E-state index contributed by atoms with van der Waals surface area (Å²) >= 11 is 1.45. The molecule has 1 amide bonds. The molecule has 0 aliphatic rings. The molecule has 2 aromatic heterocycles. The van der Waals surface area contributed by atoms with Crippen LogP contribution in [-0.4, -0.2) is 30.2 Å². The van der Waals surface area contributed by atoms with Crippen LogP contribution < -0.4 is 4.80 Å². The van der Waals surface area contributed by atoms with Crippen LogP contribution >= 0.6 is 11.3 Å². The van der Waals surface area contributed by atoms with Gasteiger partial charge in [0.15, 0.2) is 4.80 Å². The molecule has 0 aliphatic carbocycles. The number of thiazole rings is 1. The summed E-state index contributed by atoms with van der Waals surface area (Å²) in [5, 5.41) is 0.